The van der Waals surface area contributed by atoms with E-state index in [4.69, 9.17) is 4.74 Å². The number of ether oxygens (including phenoxy) is 1. The lowest BCUT2D eigenvalue weighted by Crippen LogP contribution is -3.00. The normalized spacial score (nSPS) is 12.4. The Morgan fingerprint density at radius 2 is 1.18 bits per heavy atom. The number of hydrogen-bond donors (Lipinski definition) is 1. The molecule has 0 aliphatic carbocycles. The highest BCUT2D eigenvalue weighted by Gasteiger charge is 2.20. The van der Waals surface area contributed by atoms with Gasteiger partial charge in [0, 0.05) is 0 Å². The van der Waals surface area contributed by atoms with Crippen molar-refractivity contribution in [2.75, 3.05) is 27.4 Å². The van der Waals surface area contributed by atoms with Gasteiger partial charge in [0.15, 0.2) is 0 Å². The van der Waals surface area contributed by atoms with Gasteiger partial charge in [-0.1, -0.05) is 109 Å². The van der Waals surface area contributed by atoms with E-state index in [0.29, 0.717) is 17.8 Å². The number of likely N-dealkylation sites (N-methyl/N-ethyl adjacent to an activating group) is 1. The average molecular weight is 529 g/mol. The van der Waals surface area contributed by atoms with Gasteiger partial charge < -0.3 is 26.8 Å². The number of hydrogen-bond acceptors (Lipinski definition) is 2. The van der Waals surface area contributed by atoms with E-state index in [0.717, 1.165) is 12.2 Å². The summed E-state index contributed by atoms with van der Waals surface area (Å²) in [5.74, 6) is 0.923. The molecule has 1 atom stereocenters. The van der Waals surface area contributed by atoms with Crippen molar-refractivity contribution in [3.05, 3.63) is 29.8 Å². The molecule has 1 aromatic carbocycles. The van der Waals surface area contributed by atoms with Crippen LogP contribution in [0, 0.1) is 0 Å². The van der Waals surface area contributed by atoms with Gasteiger partial charge in [0.25, 0.3) is 0 Å². The van der Waals surface area contributed by atoms with Gasteiger partial charge >= 0.3 is 0 Å². The van der Waals surface area contributed by atoms with Crippen molar-refractivity contribution in [3.8, 4) is 5.75 Å². The lowest BCUT2D eigenvalue weighted by molar-refractivity contribution is -0.908. The molecule has 0 aromatic heterocycles. The van der Waals surface area contributed by atoms with Crippen LogP contribution in [0.5, 0.6) is 5.75 Å². The van der Waals surface area contributed by atoms with Crippen LogP contribution in [0.15, 0.2) is 24.3 Å². The molecule has 4 heteroatoms. The second-order valence-electron chi connectivity index (χ2n) is 10.4. The SMILES string of the molecule is CCCCCCCCCCCCCCCCc1ccc(OC[N+](C)(C)CC(O)CC)cc1.[Br-]. The summed E-state index contributed by atoms with van der Waals surface area (Å²) in [6.45, 7) is 5.60. The molecule has 0 saturated heterocycles. The van der Waals surface area contributed by atoms with Crippen molar-refractivity contribution in [2.24, 2.45) is 0 Å². The molecule has 1 rings (SSSR count). The number of unbranched alkanes of at least 4 members (excludes halogenated alkanes) is 13. The molecule has 0 aliphatic heterocycles. The van der Waals surface area contributed by atoms with Crippen LogP contribution in [0.1, 0.15) is 116 Å². The Balaban J connectivity index is 0.0000102. The second-order valence-corrected chi connectivity index (χ2v) is 10.4. The van der Waals surface area contributed by atoms with Crippen LogP contribution in [-0.2, 0) is 6.42 Å². The molecule has 0 bridgehead atoms. The minimum absolute atomic E-state index is 0. The predicted octanol–water partition coefficient (Wildman–Crippen LogP) is 4.90. The summed E-state index contributed by atoms with van der Waals surface area (Å²) in [7, 11) is 4.20. The number of aliphatic hydroxyl groups excluding tert-OH is 1. The van der Waals surface area contributed by atoms with Gasteiger partial charge in [0.2, 0.25) is 6.73 Å². The maximum absolute atomic E-state index is 9.88. The van der Waals surface area contributed by atoms with Crippen LogP contribution in [-0.4, -0.2) is 43.1 Å². The van der Waals surface area contributed by atoms with Crippen LogP contribution in [0.4, 0.5) is 0 Å². The quantitative estimate of drug-likeness (QED) is 0.140. The third-order valence-electron chi connectivity index (χ3n) is 6.50. The summed E-state index contributed by atoms with van der Waals surface area (Å²) in [4.78, 5) is 0. The van der Waals surface area contributed by atoms with E-state index < -0.39 is 0 Å². The Morgan fingerprint density at radius 1 is 0.727 bits per heavy atom. The standard InChI is InChI=1S/C29H54NO2.BrH/c1-5-7-8-9-10-11-12-13-14-15-16-17-18-19-20-27-21-23-29(24-22-27)32-26-30(3,4)25-28(31)6-2;/h21-24,28,31H,5-20,25-26H2,1-4H3;1H/q+1;/p-1. The molecular weight excluding hydrogens is 474 g/mol. The van der Waals surface area contributed by atoms with Gasteiger partial charge in [0.1, 0.15) is 18.4 Å². The Hall–Kier alpha value is -0.580. The van der Waals surface area contributed by atoms with Crippen molar-refractivity contribution in [3.63, 3.8) is 0 Å². The topological polar surface area (TPSA) is 29.5 Å². The average Bonchev–Trinajstić information content (AvgIpc) is 2.78. The van der Waals surface area contributed by atoms with Gasteiger partial charge in [-0.25, -0.2) is 0 Å². The fourth-order valence-corrected chi connectivity index (χ4v) is 4.28. The van der Waals surface area contributed by atoms with Crippen LogP contribution in [0.3, 0.4) is 0 Å². The first-order valence-corrected chi connectivity index (χ1v) is 13.7. The third-order valence-corrected chi connectivity index (χ3v) is 6.50. The summed E-state index contributed by atoms with van der Waals surface area (Å²) in [5, 5.41) is 9.88. The number of halogens is 1. The van der Waals surface area contributed by atoms with E-state index >= 15 is 0 Å². The first kappa shape index (κ1) is 32.4. The van der Waals surface area contributed by atoms with E-state index in [2.05, 4.69) is 45.3 Å². The maximum Gasteiger partial charge on any atom is 0.223 e. The smallest absolute Gasteiger partial charge is 0.223 e. The monoisotopic (exact) mass is 527 g/mol. The summed E-state index contributed by atoms with van der Waals surface area (Å²) in [6.07, 6.45) is 21.4. The Kier molecular flexibility index (Phi) is 20.4. The predicted molar refractivity (Wildman–Crippen MR) is 139 cm³/mol. The van der Waals surface area contributed by atoms with Gasteiger partial charge in [-0.3, -0.25) is 4.48 Å². The number of benzene rings is 1. The van der Waals surface area contributed by atoms with E-state index in [1.165, 1.54) is 102 Å². The first-order chi connectivity index (χ1) is 15.5. The van der Waals surface area contributed by atoms with Gasteiger partial charge in [-0.05, 0) is 37.0 Å². The molecule has 1 N–H and O–H groups in total. The highest BCUT2D eigenvalue weighted by molar-refractivity contribution is 5.27. The van der Waals surface area contributed by atoms with E-state index in [1.54, 1.807) is 0 Å². The minimum Gasteiger partial charge on any atom is -1.00 e. The fraction of sp³-hybridized carbons (Fsp3) is 0.793. The molecule has 33 heavy (non-hydrogen) atoms. The van der Waals surface area contributed by atoms with Gasteiger partial charge in [-0.15, -0.1) is 0 Å². The van der Waals surface area contributed by atoms with E-state index in [-0.39, 0.29) is 23.1 Å². The molecule has 0 fully saturated rings. The van der Waals surface area contributed by atoms with Crippen LogP contribution >= 0.6 is 0 Å². The molecule has 0 radical (unpaired) electrons. The van der Waals surface area contributed by atoms with Crippen molar-refractivity contribution < 1.29 is 31.3 Å². The molecule has 0 heterocycles. The highest BCUT2D eigenvalue weighted by atomic mass is 79.9. The molecule has 0 aliphatic rings. The largest absolute Gasteiger partial charge is 1.00 e. The molecule has 1 aromatic rings. The van der Waals surface area contributed by atoms with Crippen LogP contribution in [0.2, 0.25) is 0 Å². The number of quaternary nitrogens is 1. The number of nitrogens with zero attached hydrogens (tertiary/aromatic N) is 1. The molecule has 194 valence electrons. The lowest BCUT2D eigenvalue weighted by atomic mass is 10.0. The number of aryl methyl sites for hydroxylation is 1. The second kappa shape index (κ2) is 20.8. The highest BCUT2D eigenvalue weighted by Crippen LogP contribution is 2.17. The fourth-order valence-electron chi connectivity index (χ4n) is 4.28. The lowest BCUT2D eigenvalue weighted by Gasteiger charge is -2.31. The van der Waals surface area contributed by atoms with E-state index in [9.17, 15) is 5.11 Å². The minimum atomic E-state index is -0.263. The zero-order chi connectivity index (χ0) is 23.5. The summed E-state index contributed by atoms with van der Waals surface area (Å²) < 4.78 is 6.62. The van der Waals surface area contributed by atoms with E-state index in [1.807, 2.05) is 6.92 Å². The molecule has 0 saturated carbocycles. The molecule has 0 amide bonds. The van der Waals surface area contributed by atoms with Gasteiger partial charge in [0.05, 0.1) is 14.1 Å². The molecule has 0 spiro atoms. The van der Waals surface area contributed by atoms with Crippen LogP contribution < -0.4 is 21.7 Å². The number of aliphatic hydroxyl groups is 1. The zero-order valence-electron chi connectivity index (χ0n) is 22.3. The molecule has 1 unspecified atom stereocenters. The number of rotatable bonds is 21. The first-order valence-electron chi connectivity index (χ1n) is 13.7. The molecule has 3 nitrogen and oxygen atoms in total. The zero-order valence-corrected chi connectivity index (χ0v) is 23.9. The molecular formula is C29H54BrNO2. The third kappa shape index (κ3) is 18.4. The summed E-state index contributed by atoms with van der Waals surface area (Å²) in [5.41, 5.74) is 1.41. The van der Waals surface area contributed by atoms with Crippen LogP contribution in [0.25, 0.3) is 0 Å². The maximum atomic E-state index is 9.88. The Labute approximate surface area is 216 Å². The van der Waals surface area contributed by atoms with Crippen molar-refractivity contribution in [1.82, 2.24) is 0 Å². The van der Waals surface area contributed by atoms with Gasteiger partial charge in [-0.2, -0.15) is 0 Å². The van der Waals surface area contributed by atoms with Crippen molar-refractivity contribution in [1.29, 1.82) is 0 Å². The summed E-state index contributed by atoms with van der Waals surface area (Å²) >= 11 is 0. The summed E-state index contributed by atoms with van der Waals surface area (Å²) in [6, 6.07) is 8.60. The van der Waals surface area contributed by atoms with Crippen molar-refractivity contribution in [2.45, 2.75) is 123 Å². The Morgan fingerprint density at radius 3 is 1.64 bits per heavy atom. The Bertz CT molecular complexity index is 547. The van der Waals surface area contributed by atoms with Crippen molar-refractivity contribution >= 4 is 0 Å².